The summed E-state index contributed by atoms with van der Waals surface area (Å²) in [6.07, 6.45) is -2.09. The number of benzene rings is 2. The number of hydrogen-bond acceptors (Lipinski definition) is 3. The van der Waals surface area contributed by atoms with Crippen LogP contribution < -0.4 is 15.8 Å². The smallest absolute Gasteiger partial charge is 0.406 e. The van der Waals surface area contributed by atoms with Gasteiger partial charge in [-0.3, -0.25) is 9.59 Å². The molecule has 2 rings (SSSR count). The van der Waals surface area contributed by atoms with E-state index in [0.29, 0.717) is 16.8 Å². The molecule has 0 atom stereocenters. The van der Waals surface area contributed by atoms with Gasteiger partial charge in [-0.1, -0.05) is 12.1 Å². The lowest BCUT2D eigenvalue weighted by molar-refractivity contribution is -0.274. The molecule has 0 bridgehead atoms. The summed E-state index contributed by atoms with van der Waals surface area (Å²) in [5.74, 6) is -1.36. The molecule has 0 radical (unpaired) electrons. The number of amides is 2. The maximum atomic E-state index is 12.1. The highest BCUT2D eigenvalue weighted by molar-refractivity contribution is 6.02. The number of carbonyl (C=O) groups excluding carboxylic acids is 2. The second kappa shape index (κ2) is 7.52. The highest BCUT2D eigenvalue weighted by atomic mass is 19.4. The molecule has 2 aromatic rings. The average Bonchev–Trinajstić information content (AvgIpc) is 2.53. The Bertz CT molecular complexity index is 782. The third kappa shape index (κ3) is 6.02. The Morgan fingerprint density at radius 3 is 2.12 bits per heavy atom. The first-order valence-electron chi connectivity index (χ1n) is 6.98. The van der Waals surface area contributed by atoms with Crippen molar-refractivity contribution in [2.75, 3.05) is 5.32 Å². The van der Waals surface area contributed by atoms with Crippen LogP contribution in [-0.4, -0.2) is 18.2 Å². The molecule has 0 aliphatic rings. The molecule has 0 fully saturated rings. The average molecular weight is 350 g/mol. The molecule has 2 amide bonds. The van der Waals surface area contributed by atoms with Crippen molar-refractivity contribution in [2.45, 2.75) is 6.36 Å². The van der Waals surface area contributed by atoms with Gasteiger partial charge in [0.15, 0.2) is 0 Å². The van der Waals surface area contributed by atoms with Crippen LogP contribution in [0.4, 0.5) is 18.9 Å². The van der Waals surface area contributed by atoms with E-state index in [9.17, 15) is 22.8 Å². The molecule has 25 heavy (non-hydrogen) atoms. The first kappa shape index (κ1) is 18.1. The van der Waals surface area contributed by atoms with E-state index in [2.05, 4.69) is 10.1 Å². The van der Waals surface area contributed by atoms with Crippen LogP contribution in [-0.2, 0) is 4.79 Å². The highest BCUT2D eigenvalue weighted by Crippen LogP contribution is 2.23. The second-order valence-electron chi connectivity index (χ2n) is 4.88. The van der Waals surface area contributed by atoms with E-state index in [-0.39, 0.29) is 5.75 Å². The summed E-state index contributed by atoms with van der Waals surface area (Å²) >= 11 is 0. The largest absolute Gasteiger partial charge is 0.573 e. The first-order valence-corrected chi connectivity index (χ1v) is 6.98. The Labute approximate surface area is 140 Å². The molecule has 0 aliphatic carbocycles. The van der Waals surface area contributed by atoms with Gasteiger partial charge in [-0.25, -0.2) is 0 Å². The molecule has 0 saturated heterocycles. The van der Waals surface area contributed by atoms with Crippen LogP contribution in [0.15, 0.2) is 54.6 Å². The Morgan fingerprint density at radius 1 is 1.00 bits per heavy atom. The lowest BCUT2D eigenvalue weighted by atomic mass is 10.2. The summed E-state index contributed by atoms with van der Waals surface area (Å²) in [7, 11) is 0. The molecule has 130 valence electrons. The van der Waals surface area contributed by atoms with E-state index >= 15 is 0 Å². The van der Waals surface area contributed by atoms with Crippen molar-refractivity contribution in [2.24, 2.45) is 5.73 Å². The van der Waals surface area contributed by atoms with Crippen molar-refractivity contribution in [3.63, 3.8) is 0 Å². The molecule has 0 saturated carbocycles. The maximum Gasteiger partial charge on any atom is 0.573 e. The van der Waals surface area contributed by atoms with Gasteiger partial charge >= 0.3 is 6.36 Å². The van der Waals surface area contributed by atoms with E-state index in [1.807, 2.05) is 0 Å². The number of halogens is 3. The van der Waals surface area contributed by atoms with Gasteiger partial charge < -0.3 is 15.8 Å². The molecular formula is C17H13F3N2O3. The van der Waals surface area contributed by atoms with E-state index in [4.69, 9.17) is 5.73 Å². The van der Waals surface area contributed by atoms with E-state index in [1.165, 1.54) is 48.6 Å². The fourth-order valence-electron chi connectivity index (χ4n) is 1.85. The number of nitrogens with two attached hydrogens (primary N) is 1. The number of rotatable bonds is 5. The zero-order valence-corrected chi connectivity index (χ0v) is 12.7. The molecule has 8 heteroatoms. The Hall–Kier alpha value is -3.29. The summed E-state index contributed by atoms with van der Waals surface area (Å²) in [6, 6.07) is 11.0. The summed E-state index contributed by atoms with van der Waals surface area (Å²) < 4.78 is 39.9. The number of hydrogen-bond donors (Lipinski definition) is 2. The zero-order chi connectivity index (χ0) is 18.4. The molecular weight excluding hydrogens is 337 g/mol. The van der Waals surface area contributed by atoms with Crippen LogP contribution in [0.2, 0.25) is 0 Å². The van der Waals surface area contributed by atoms with Gasteiger partial charge in [-0.15, -0.1) is 13.2 Å². The Balaban J connectivity index is 1.94. The topological polar surface area (TPSA) is 81.4 Å². The molecule has 2 aromatic carbocycles. The summed E-state index contributed by atoms with van der Waals surface area (Å²) in [5.41, 5.74) is 6.42. The van der Waals surface area contributed by atoms with Gasteiger partial charge in [0.25, 0.3) is 0 Å². The fraction of sp³-hybridized carbons (Fsp3) is 0.0588. The minimum atomic E-state index is -4.75. The van der Waals surface area contributed by atoms with E-state index in [1.54, 1.807) is 0 Å². The van der Waals surface area contributed by atoms with Crippen molar-refractivity contribution in [3.8, 4) is 5.75 Å². The summed E-state index contributed by atoms with van der Waals surface area (Å²) in [4.78, 5) is 22.7. The number of nitrogens with one attached hydrogen (secondary N) is 1. The quantitative estimate of drug-likeness (QED) is 0.812. The number of alkyl halides is 3. The van der Waals surface area contributed by atoms with Crippen molar-refractivity contribution in [1.29, 1.82) is 0 Å². The first-order chi connectivity index (χ1) is 11.7. The third-order valence-corrected chi connectivity index (χ3v) is 2.98. The third-order valence-electron chi connectivity index (χ3n) is 2.98. The van der Waals surface area contributed by atoms with Crippen molar-refractivity contribution < 1.29 is 27.5 Å². The summed E-state index contributed by atoms with van der Waals surface area (Å²) in [6.45, 7) is 0. The van der Waals surface area contributed by atoms with E-state index in [0.717, 1.165) is 12.1 Å². The normalized spacial score (nSPS) is 11.3. The Morgan fingerprint density at radius 2 is 1.60 bits per heavy atom. The van der Waals surface area contributed by atoms with Crippen LogP contribution in [0.25, 0.3) is 6.08 Å². The van der Waals surface area contributed by atoms with Gasteiger partial charge in [0, 0.05) is 17.3 Å². The minimum absolute atomic E-state index is 0.315. The molecule has 0 spiro atoms. The molecule has 0 unspecified atom stereocenters. The number of ether oxygens (including phenoxy) is 1. The van der Waals surface area contributed by atoms with Crippen LogP contribution in [0, 0.1) is 0 Å². The molecule has 5 nitrogen and oxygen atoms in total. The number of anilines is 1. The lowest BCUT2D eigenvalue weighted by Gasteiger charge is -2.08. The monoisotopic (exact) mass is 350 g/mol. The standard InChI is InChI=1S/C17H13F3N2O3/c18-17(19,20)25-14-8-1-11(2-9-14)3-10-15(23)22-13-6-4-12(5-7-13)16(21)24/h1-10H,(H2,21,24)(H,22,23)/b10-3+. The predicted molar refractivity (Wildman–Crippen MR) is 85.7 cm³/mol. The van der Waals surface area contributed by atoms with Crippen LogP contribution in [0.3, 0.4) is 0 Å². The maximum absolute atomic E-state index is 12.1. The predicted octanol–water partition coefficient (Wildman–Crippen LogP) is 3.34. The number of carbonyl (C=O) groups is 2. The van der Waals surface area contributed by atoms with Crippen molar-refractivity contribution >= 4 is 23.6 Å². The van der Waals surface area contributed by atoms with Crippen molar-refractivity contribution in [1.82, 2.24) is 0 Å². The molecule has 0 aromatic heterocycles. The van der Waals surface area contributed by atoms with Gasteiger partial charge in [-0.05, 0) is 48.0 Å². The van der Waals surface area contributed by atoms with Gasteiger partial charge in [0.2, 0.25) is 11.8 Å². The highest BCUT2D eigenvalue weighted by Gasteiger charge is 2.30. The zero-order valence-electron chi connectivity index (χ0n) is 12.7. The van der Waals surface area contributed by atoms with Crippen LogP contribution >= 0.6 is 0 Å². The van der Waals surface area contributed by atoms with E-state index < -0.39 is 18.2 Å². The second-order valence-corrected chi connectivity index (χ2v) is 4.88. The van der Waals surface area contributed by atoms with Crippen molar-refractivity contribution in [3.05, 3.63) is 65.7 Å². The van der Waals surface area contributed by atoms with Gasteiger partial charge in [0.1, 0.15) is 5.75 Å². The lowest BCUT2D eigenvalue weighted by Crippen LogP contribution is -2.16. The SMILES string of the molecule is NC(=O)c1ccc(NC(=O)/C=C/c2ccc(OC(F)(F)F)cc2)cc1. The van der Waals surface area contributed by atoms with Crippen LogP contribution in [0.5, 0.6) is 5.75 Å². The van der Waals surface area contributed by atoms with Gasteiger partial charge in [0.05, 0.1) is 0 Å². The molecule has 0 heterocycles. The number of primary amides is 1. The van der Waals surface area contributed by atoms with Gasteiger partial charge in [-0.2, -0.15) is 0 Å². The molecule has 3 N–H and O–H groups in total. The molecule has 0 aliphatic heterocycles. The summed E-state index contributed by atoms with van der Waals surface area (Å²) in [5, 5.41) is 2.57. The van der Waals surface area contributed by atoms with Crippen LogP contribution in [0.1, 0.15) is 15.9 Å². The fourth-order valence-corrected chi connectivity index (χ4v) is 1.85. The minimum Gasteiger partial charge on any atom is -0.406 e. The Kier molecular flexibility index (Phi) is 5.43.